The zero-order chi connectivity index (χ0) is 17.7. The van der Waals surface area contributed by atoms with E-state index in [4.69, 9.17) is 14.4 Å². The first-order chi connectivity index (χ1) is 12.0. The Hall–Kier alpha value is -3.44. The van der Waals surface area contributed by atoms with Crippen LogP contribution in [-0.2, 0) is 11.8 Å². The number of epoxide rings is 1. The van der Waals surface area contributed by atoms with Gasteiger partial charge in [0.05, 0.1) is 33.7 Å². The molecule has 124 valence electrons. The minimum atomic E-state index is -0.582. The van der Waals surface area contributed by atoms with E-state index in [9.17, 15) is 14.9 Å². The Morgan fingerprint density at radius 1 is 1.24 bits per heavy atom. The molecule has 25 heavy (non-hydrogen) atoms. The maximum absolute atomic E-state index is 11.6. The van der Waals surface area contributed by atoms with E-state index in [1.54, 1.807) is 30.3 Å². The first-order valence-corrected chi connectivity index (χ1v) is 7.43. The Bertz CT molecular complexity index is 1100. The number of aromatic nitrogens is 1. The van der Waals surface area contributed by atoms with Crippen LogP contribution in [0.5, 0.6) is 0 Å². The van der Waals surface area contributed by atoms with E-state index >= 15 is 0 Å². The lowest BCUT2D eigenvalue weighted by Gasteiger charge is -2.01. The fraction of sp³-hybridized carbons (Fsp3) is 0.176. The normalized spacial score (nSPS) is 18.9. The zero-order valence-electron chi connectivity index (χ0n) is 13.0. The SMILES string of the molecule is Cn1c(=O)oc2cc([N+](=O)[O-])c(C3OC3c3ccc(C#N)cc3)cc21. The van der Waals surface area contributed by atoms with Gasteiger partial charge in [-0.25, -0.2) is 4.79 Å². The number of ether oxygens (including phenoxy) is 1. The number of nitro groups is 1. The summed E-state index contributed by atoms with van der Waals surface area (Å²) in [7, 11) is 1.54. The van der Waals surface area contributed by atoms with Gasteiger partial charge in [0.1, 0.15) is 12.2 Å². The molecule has 3 aromatic rings. The van der Waals surface area contributed by atoms with Crippen molar-refractivity contribution < 1.29 is 14.1 Å². The summed E-state index contributed by atoms with van der Waals surface area (Å²) in [5.41, 5.74) is 2.24. The monoisotopic (exact) mass is 337 g/mol. The Morgan fingerprint density at radius 3 is 2.60 bits per heavy atom. The van der Waals surface area contributed by atoms with Crippen molar-refractivity contribution in [3.8, 4) is 6.07 Å². The number of aryl methyl sites for hydroxylation is 1. The molecule has 1 fully saturated rings. The molecule has 1 aliphatic rings. The fourth-order valence-corrected chi connectivity index (χ4v) is 2.91. The van der Waals surface area contributed by atoms with E-state index in [-0.39, 0.29) is 17.4 Å². The predicted octanol–water partition coefficient (Wildman–Crippen LogP) is 2.72. The van der Waals surface area contributed by atoms with E-state index < -0.39 is 16.8 Å². The van der Waals surface area contributed by atoms with Crippen molar-refractivity contribution in [2.24, 2.45) is 7.05 Å². The van der Waals surface area contributed by atoms with Gasteiger partial charge < -0.3 is 9.15 Å². The number of nitro benzene ring substituents is 1. The second-order valence-corrected chi connectivity index (χ2v) is 5.77. The molecular formula is C17H11N3O5. The largest absolute Gasteiger partial charge is 0.419 e. The van der Waals surface area contributed by atoms with Gasteiger partial charge in [0.15, 0.2) is 5.58 Å². The van der Waals surface area contributed by atoms with Crippen molar-refractivity contribution in [2.45, 2.75) is 12.2 Å². The summed E-state index contributed by atoms with van der Waals surface area (Å²) < 4.78 is 12.0. The highest BCUT2D eigenvalue weighted by Gasteiger charge is 2.45. The van der Waals surface area contributed by atoms with E-state index in [0.717, 1.165) is 5.56 Å². The summed E-state index contributed by atoms with van der Waals surface area (Å²) in [4.78, 5) is 22.5. The lowest BCUT2D eigenvalue weighted by molar-refractivity contribution is -0.385. The molecule has 8 heteroatoms. The molecule has 0 spiro atoms. The number of fused-ring (bicyclic) bond motifs is 1. The Labute approximate surface area is 140 Å². The van der Waals surface area contributed by atoms with Crippen LogP contribution < -0.4 is 5.76 Å². The average molecular weight is 337 g/mol. The molecule has 2 unspecified atom stereocenters. The molecule has 0 N–H and O–H groups in total. The number of nitrogens with zero attached hydrogens (tertiary/aromatic N) is 3. The first-order valence-electron chi connectivity index (χ1n) is 7.43. The predicted molar refractivity (Wildman–Crippen MR) is 85.8 cm³/mol. The van der Waals surface area contributed by atoms with Crippen molar-refractivity contribution in [3.05, 3.63) is 73.8 Å². The lowest BCUT2D eigenvalue weighted by atomic mass is 10.0. The smallest absolute Gasteiger partial charge is 0.407 e. The van der Waals surface area contributed by atoms with E-state index in [1.165, 1.54) is 17.7 Å². The first kappa shape index (κ1) is 15.1. The van der Waals surface area contributed by atoms with Crippen LogP contribution in [0.1, 0.15) is 28.9 Å². The van der Waals surface area contributed by atoms with Crippen LogP contribution in [0.3, 0.4) is 0 Å². The Kier molecular flexibility index (Phi) is 3.20. The second kappa shape index (κ2) is 5.29. The number of nitriles is 1. The highest BCUT2D eigenvalue weighted by molar-refractivity contribution is 5.78. The van der Waals surface area contributed by atoms with Crippen molar-refractivity contribution in [1.82, 2.24) is 4.57 Å². The van der Waals surface area contributed by atoms with Crippen LogP contribution in [-0.4, -0.2) is 9.49 Å². The molecule has 4 rings (SSSR count). The minimum Gasteiger partial charge on any atom is -0.407 e. The third-order valence-electron chi connectivity index (χ3n) is 4.30. The topological polar surface area (TPSA) is 115 Å². The van der Waals surface area contributed by atoms with Crippen LogP contribution in [0.15, 0.2) is 45.6 Å². The zero-order valence-corrected chi connectivity index (χ0v) is 13.0. The number of benzene rings is 2. The Balaban J connectivity index is 1.77. The van der Waals surface area contributed by atoms with Gasteiger partial charge in [-0.05, 0) is 23.8 Å². The van der Waals surface area contributed by atoms with E-state index in [0.29, 0.717) is 16.6 Å². The van der Waals surface area contributed by atoms with Gasteiger partial charge in [-0.2, -0.15) is 5.26 Å². The minimum absolute atomic E-state index is 0.150. The molecule has 8 nitrogen and oxygen atoms in total. The van der Waals surface area contributed by atoms with Crippen molar-refractivity contribution in [3.63, 3.8) is 0 Å². The molecule has 0 radical (unpaired) electrons. The average Bonchev–Trinajstić information content (AvgIpc) is 3.36. The van der Waals surface area contributed by atoms with Crippen LogP contribution in [0, 0.1) is 21.4 Å². The van der Waals surface area contributed by atoms with Crippen molar-refractivity contribution in [1.29, 1.82) is 5.26 Å². The van der Waals surface area contributed by atoms with Gasteiger partial charge in [-0.15, -0.1) is 0 Å². The highest BCUT2D eigenvalue weighted by Crippen LogP contribution is 2.53. The van der Waals surface area contributed by atoms with Crippen LogP contribution >= 0.6 is 0 Å². The molecule has 1 saturated heterocycles. The number of oxazole rings is 1. The fourth-order valence-electron chi connectivity index (χ4n) is 2.91. The molecule has 0 aliphatic carbocycles. The second-order valence-electron chi connectivity index (χ2n) is 5.77. The number of hydrogen-bond donors (Lipinski definition) is 0. The summed E-state index contributed by atoms with van der Waals surface area (Å²) in [5.74, 6) is -0.582. The molecule has 2 heterocycles. The van der Waals surface area contributed by atoms with Gasteiger partial charge >= 0.3 is 5.76 Å². The molecule has 1 aromatic heterocycles. The maximum atomic E-state index is 11.6. The van der Waals surface area contributed by atoms with Gasteiger partial charge in [-0.3, -0.25) is 14.7 Å². The summed E-state index contributed by atoms with van der Waals surface area (Å²) in [6.45, 7) is 0. The van der Waals surface area contributed by atoms with Crippen molar-refractivity contribution in [2.75, 3.05) is 0 Å². The molecule has 1 aliphatic heterocycles. The Morgan fingerprint density at radius 2 is 1.96 bits per heavy atom. The molecule has 2 atom stereocenters. The van der Waals surface area contributed by atoms with Crippen LogP contribution in [0.4, 0.5) is 5.69 Å². The van der Waals surface area contributed by atoms with E-state index in [1.807, 2.05) is 6.07 Å². The van der Waals surface area contributed by atoms with Gasteiger partial charge in [-0.1, -0.05) is 12.1 Å². The highest BCUT2D eigenvalue weighted by atomic mass is 16.6. The van der Waals surface area contributed by atoms with Crippen LogP contribution in [0.25, 0.3) is 11.1 Å². The summed E-state index contributed by atoms with van der Waals surface area (Å²) in [5, 5.41) is 20.2. The van der Waals surface area contributed by atoms with Crippen LogP contribution in [0.2, 0.25) is 0 Å². The van der Waals surface area contributed by atoms with Gasteiger partial charge in [0.25, 0.3) is 5.69 Å². The quantitative estimate of drug-likeness (QED) is 0.412. The third-order valence-corrected chi connectivity index (χ3v) is 4.30. The molecular weight excluding hydrogens is 326 g/mol. The van der Waals surface area contributed by atoms with E-state index in [2.05, 4.69) is 0 Å². The molecule has 2 aromatic carbocycles. The summed E-state index contributed by atoms with van der Waals surface area (Å²) in [6, 6.07) is 11.7. The van der Waals surface area contributed by atoms with Crippen molar-refractivity contribution >= 4 is 16.8 Å². The lowest BCUT2D eigenvalue weighted by Crippen LogP contribution is -2.08. The summed E-state index contributed by atoms with van der Waals surface area (Å²) in [6.07, 6.45) is -0.810. The molecule has 0 amide bonds. The maximum Gasteiger partial charge on any atom is 0.419 e. The summed E-state index contributed by atoms with van der Waals surface area (Å²) >= 11 is 0. The number of rotatable bonds is 3. The van der Waals surface area contributed by atoms with Gasteiger partial charge in [0, 0.05) is 7.05 Å². The standard InChI is InChI=1S/C17H11N3O5/c1-19-13-6-11(12(20(22)23)7-14(13)24-17(19)21)16-15(25-16)10-4-2-9(8-18)3-5-10/h2-7,15-16H,1H3. The van der Waals surface area contributed by atoms with Gasteiger partial charge in [0.2, 0.25) is 0 Å². The third kappa shape index (κ3) is 2.38. The number of hydrogen-bond acceptors (Lipinski definition) is 6. The molecule has 0 bridgehead atoms. The molecule has 0 saturated carbocycles.